The highest BCUT2D eigenvalue weighted by molar-refractivity contribution is 6.99. The zero-order valence-corrected chi connectivity index (χ0v) is 9.42. The van der Waals surface area contributed by atoms with Gasteiger partial charge in [0.2, 0.25) is 5.28 Å². The molecule has 0 saturated carbocycles. The normalized spacial score (nSPS) is 10.5. The molecule has 0 aromatic carbocycles. The van der Waals surface area contributed by atoms with E-state index in [4.69, 9.17) is 11.6 Å². The van der Waals surface area contributed by atoms with Crippen molar-refractivity contribution in [1.82, 2.24) is 18.3 Å². The van der Waals surface area contributed by atoms with Crippen LogP contribution in [0.3, 0.4) is 0 Å². The third-order valence-electron chi connectivity index (χ3n) is 1.97. The van der Waals surface area contributed by atoms with E-state index in [0.29, 0.717) is 16.7 Å². The fourth-order valence-electron chi connectivity index (χ4n) is 1.16. The summed E-state index contributed by atoms with van der Waals surface area (Å²) in [6.45, 7) is 0. The highest BCUT2D eigenvalue weighted by atomic mass is 35.5. The van der Waals surface area contributed by atoms with E-state index < -0.39 is 0 Å². The molecule has 0 saturated heterocycles. The molecule has 2 aromatic rings. The zero-order valence-electron chi connectivity index (χ0n) is 7.85. The van der Waals surface area contributed by atoms with Crippen LogP contribution in [0, 0.1) is 0 Å². The highest BCUT2D eigenvalue weighted by Gasteiger charge is 2.14. The summed E-state index contributed by atoms with van der Waals surface area (Å²) in [5.41, 5.74) is 1.15. The van der Waals surface area contributed by atoms with Crippen molar-refractivity contribution in [3.05, 3.63) is 29.1 Å². The molecule has 0 aliphatic heterocycles. The molecule has 0 aliphatic rings. The quantitative estimate of drug-likeness (QED) is 0.763. The van der Waals surface area contributed by atoms with Crippen molar-refractivity contribution >= 4 is 29.1 Å². The summed E-state index contributed by atoms with van der Waals surface area (Å²) in [5.74, 6) is -0.0652. The minimum Gasteiger partial charge on any atom is -0.315 e. The smallest absolute Gasteiger partial charge is 0.202 e. The molecule has 5 nitrogen and oxygen atoms in total. The van der Waals surface area contributed by atoms with Crippen LogP contribution in [0.1, 0.15) is 16.2 Å². The van der Waals surface area contributed by atoms with E-state index in [0.717, 1.165) is 11.7 Å². The number of ketones is 1. The van der Waals surface area contributed by atoms with Gasteiger partial charge in [0.15, 0.2) is 5.78 Å². The number of hydrogen-bond acceptors (Lipinski definition) is 5. The summed E-state index contributed by atoms with van der Waals surface area (Å²) >= 11 is 6.81. The van der Waals surface area contributed by atoms with E-state index in [2.05, 4.69) is 13.7 Å². The Hall–Kier alpha value is -1.27. The summed E-state index contributed by atoms with van der Waals surface area (Å²) in [6, 6.07) is 0. The standard InChI is InChI=1S/C8H7ClN4OS/c1-13-6(4-10-8(13)9)7(14)2-5-3-11-15-12-5/h3-4H,2H2,1H3. The predicted octanol–water partition coefficient (Wildman–Crippen LogP) is 1.35. The molecule has 0 fully saturated rings. The summed E-state index contributed by atoms with van der Waals surface area (Å²) < 4.78 is 9.34. The van der Waals surface area contributed by atoms with E-state index in [1.54, 1.807) is 17.8 Å². The maximum absolute atomic E-state index is 11.8. The molecule has 0 aliphatic carbocycles. The van der Waals surface area contributed by atoms with Gasteiger partial charge in [0.25, 0.3) is 0 Å². The van der Waals surface area contributed by atoms with Crippen molar-refractivity contribution < 1.29 is 4.79 Å². The number of aromatic nitrogens is 4. The Labute approximate surface area is 95.0 Å². The van der Waals surface area contributed by atoms with Gasteiger partial charge in [-0.25, -0.2) is 4.98 Å². The zero-order chi connectivity index (χ0) is 10.8. The van der Waals surface area contributed by atoms with E-state index in [-0.39, 0.29) is 12.2 Å². The van der Waals surface area contributed by atoms with Crippen LogP contribution < -0.4 is 0 Å². The Kier molecular flexibility index (Phi) is 2.79. The molecule has 7 heteroatoms. The summed E-state index contributed by atoms with van der Waals surface area (Å²) in [7, 11) is 1.70. The second kappa shape index (κ2) is 4.08. The van der Waals surface area contributed by atoms with Crippen LogP contribution in [0.25, 0.3) is 0 Å². The molecular weight excluding hydrogens is 236 g/mol. The van der Waals surface area contributed by atoms with Gasteiger partial charge in [0.1, 0.15) is 5.69 Å². The Bertz CT molecular complexity index is 479. The largest absolute Gasteiger partial charge is 0.315 e. The second-order valence-electron chi connectivity index (χ2n) is 2.97. The van der Waals surface area contributed by atoms with Gasteiger partial charge in [-0.1, -0.05) is 0 Å². The number of Topliss-reactive ketones (excluding diaryl/α,β-unsaturated/α-hetero) is 1. The first kappa shape index (κ1) is 10.3. The number of rotatable bonds is 3. The van der Waals surface area contributed by atoms with Crippen molar-refractivity contribution in [3.8, 4) is 0 Å². The molecular formula is C8H7ClN4OS. The summed E-state index contributed by atoms with van der Waals surface area (Å²) in [4.78, 5) is 15.6. The molecule has 0 atom stereocenters. The van der Waals surface area contributed by atoms with Gasteiger partial charge in [-0.15, -0.1) is 0 Å². The third-order valence-corrected chi connectivity index (χ3v) is 2.83. The minimum absolute atomic E-state index is 0.0652. The molecule has 2 heterocycles. The van der Waals surface area contributed by atoms with Crippen molar-refractivity contribution in [2.24, 2.45) is 7.05 Å². The predicted molar refractivity (Wildman–Crippen MR) is 56.2 cm³/mol. The molecule has 0 spiro atoms. The van der Waals surface area contributed by atoms with Crippen molar-refractivity contribution in [3.63, 3.8) is 0 Å². The first-order chi connectivity index (χ1) is 7.18. The monoisotopic (exact) mass is 242 g/mol. The third kappa shape index (κ3) is 2.05. The van der Waals surface area contributed by atoms with Gasteiger partial charge in [-0.3, -0.25) is 4.79 Å². The Balaban J connectivity index is 2.19. The van der Waals surface area contributed by atoms with Crippen LogP contribution in [-0.4, -0.2) is 24.1 Å². The molecule has 0 unspecified atom stereocenters. The molecule has 2 rings (SSSR count). The maximum atomic E-state index is 11.8. The lowest BCUT2D eigenvalue weighted by molar-refractivity contribution is 0.0984. The van der Waals surface area contributed by atoms with E-state index in [9.17, 15) is 4.79 Å². The highest BCUT2D eigenvalue weighted by Crippen LogP contribution is 2.11. The second-order valence-corrected chi connectivity index (χ2v) is 3.86. The first-order valence-corrected chi connectivity index (χ1v) is 5.26. The van der Waals surface area contributed by atoms with Gasteiger partial charge >= 0.3 is 0 Å². The van der Waals surface area contributed by atoms with E-state index in [1.165, 1.54) is 6.20 Å². The van der Waals surface area contributed by atoms with Gasteiger partial charge in [0, 0.05) is 7.05 Å². The van der Waals surface area contributed by atoms with Gasteiger partial charge in [0.05, 0.1) is 36.2 Å². The van der Waals surface area contributed by atoms with E-state index >= 15 is 0 Å². The Morgan fingerprint density at radius 2 is 2.40 bits per heavy atom. The fourth-order valence-corrected chi connectivity index (χ4v) is 1.74. The van der Waals surface area contributed by atoms with Crippen LogP contribution in [-0.2, 0) is 13.5 Å². The average Bonchev–Trinajstić information content (AvgIpc) is 2.79. The number of halogens is 1. The number of carbonyl (C=O) groups excluding carboxylic acids is 1. The van der Waals surface area contributed by atoms with Gasteiger partial charge in [-0.2, -0.15) is 8.75 Å². The Morgan fingerprint density at radius 1 is 1.60 bits per heavy atom. The van der Waals surface area contributed by atoms with Crippen molar-refractivity contribution in [2.45, 2.75) is 6.42 Å². The topological polar surface area (TPSA) is 60.7 Å². The van der Waals surface area contributed by atoms with Crippen molar-refractivity contribution in [1.29, 1.82) is 0 Å². The summed E-state index contributed by atoms with van der Waals surface area (Å²) in [6.07, 6.45) is 3.28. The lowest BCUT2D eigenvalue weighted by Crippen LogP contribution is -2.08. The van der Waals surface area contributed by atoms with Crippen LogP contribution in [0.5, 0.6) is 0 Å². The fraction of sp³-hybridized carbons (Fsp3) is 0.250. The van der Waals surface area contributed by atoms with Crippen LogP contribution in [0.2, 0.25) is 5.28 Å². The number of nitrogens with zero attached hydrogens (tertiary/aromatic N) is 4. The van der Waals surface area contributed by atoms with Gasteiger partial charge < -0.3 is 4.57 Å². The average molecular weight is 243 g/mol. The molecule has 2 aromatic heterocycles. The van der Waals surface area contributed by atoms with Crippen LogP contribution >= 0.6 is 23.3 Å². The first-order valence-electron chi connectivity index (χ1n) is 4.15. The van der Waals surface area contributed by atoms with Crippen molar-refractivity contribution in [2.75, 3.05) is 0 Å². The number of carbonyl (C=O) groups is 1. The number of hydrogen-bond donors (Lipinski definition) is 0. The lowest BCUT2D eigenvalue weighted by atomic mass is 10.2. The van der Waals surface area contributed by atoms with E-state index in [1.807, 2.05) is 0 Å². The SMILES string of the molecule is Cn1c(C(=O)Cc2cnsn2)cnc1Cl. The molecule has 0 radical (unpaired) electrons. The lowest BCUT2D eigenvalue weighted by Gasteiger charge is -1.99. The molecule has 0 amide bonds. The molecule has 0 N–H and O–H groups in total. The molecule has 0 bridgehead atoms. The van der Waals surface area contributed by atoms with Gasteiger partial charge in [-0.05, 0) is 11.6 Å². The summed E-state index contributed by atoms with van der Waals surface area (Å²) in [5, 5.41) is 0.301. The minimum atomic E-state index is -0.0652. The Morgan fingerprint density at radius 3 is 2.93 bits per heavy atom. The van der Waals surface area contributed by atoms with Crippen LogP contribution in [0.15, 0.2) is 12.4 Å². The maximum Gasteiger partial charge on any atom is 0.202 e. The number of imidazole rings is 1. The van der Waals surface area contributed by atoms with Crippen LogP contribution in [0.4, 0.5) is 0 Å². The molecule has 15 heavy (non-hydrogen) atoms. The molecule has 78 valence electrons.